The van der Waals surface area contributed by atoms with Crippen molar-refractivity contribution in [2.45, 2.75) is 41.1 Å². The molecule has 0 saturated carbocycles. The number of thioether (sulfide) groups is 2. The van der Waals surface area contributed by atoms with Gasteiger partial charge in [0.2, 0.25) is 9.84 Å². The van der Waals surface area contributed by atoms with Gasteiger partial charge in [-0.25, -0.2) is 8.42 Å². The molecule has 1 atom stereocenters. The van der Waals surface area contributed by atoms with E-state index in [-0.39, 0.29) is 34.9 Å². The highest BCUT2D eigenvalue weighted by molar-refractivity contribution is 8.36. The van der Waals surface area contributed by atoms with Crippen molar-refractivity contribution in [2.24, 2.45) is 5.16 Å². The van der Waals surface area contributed by atoms with Crippen LogP contribution in [0.4, 0.5) is 0 Å². The lowest BCUT2D eigenvalue weighted by Gasteiger charge is -2.26. The molecule has 0 saturated heterocycles. The average Bonchev–Trinajstić information content (AvgIpc) is 3.24. The van der Waals surface area contributed by atoms with Gasteiger partial charge < -0.3 is 4.84 Å². The highest BCUT2D eigenvalue weighted by atomic mass is 35.5. The average molecular weight is 642 g/mol. The van der Waals surface area contributed by atoms with Crippen molar-refractivity contribution in [2.75, 3.05) is 0 Å². The largest absolute Gasteiger partial charge is 0.348 e. The van der Waals surface area contributed by atoms with Crippen LogP contribution in [0.5, 0.6) is 0 Å². The second-order valence-electron chi connectivity index (χ2n) is 8.18. The maximum atomic E-state index is 14.1. The molecule has 3 aromatic rings. The molecule has 0 N–H and O–H groups in total. The first-order valence-electron chi connectivity index (χ1n) is 10.3. The number of benzene rings is 3. The van der Waals surface area contributed by atoms with Gasteiger partial charge in [0, 0.05) is 5.56 Å². The van der Waals surface area contributed by atoms with Gasteiger partial charge in [-0.3, -0.25) is 0 Å². The van der Waals surface area contributed by atoms with E-state index in [0.29, 0.717) is 5.04 Å². The second-order valence-corrected chi connectivity index (χ2v) is 15.3. The summed E-state index contributed by atoms with van der Waals surface area (Å²) in [5.41, 5.74) is 4.64. The van der Waals surface area contributed by atoms with Crippen LogP contribution in [0.1, 0.15) is 27.8 Å². The third kappa shape index (κ3) is 4.87. The fourth-order valence-corrected chi connectivity index (χ4v) is 10.2. The Kier molecular flexibility index (Phi) is 8.17. The fraction of sp³-hybridized carbons (Fsp3) is 0.208. The molecule has 1 aliphatic heterocycles. The van der Waals surface area contributed by atoms with Gasteiger partial charge in [-0.1, -0.05) is 98.6 Å². The first-order chi connectivity index (χ1) is 16.8. The maximum absolute atomic E-state index is 14.1. The molecule has 0 amide bonds. The predicted molar refractivity (Wildman–Crippen MR) is 154 cm³/mol. The zero-order valence-electron chi connectivity index (χ0n) is 19.3. The summed E-state index contributed by atoms with van der Waals surface area (Å²) in [4.78, 5) is 5.96. The summed E-state index contributed by atoms with van der Waals surface area (Å²) in [6, 6.07) is 10.4. The molecule has 0 bridgehead atoms. The van der Waals surface area contributed by atoms with Crippen LogP contribution >= 0.6 is 81.5 Å². The molecule has 36 heavy (non-hydrogen) atoms. The van der Waals surface area contributed by atoms with Gasteiger partial charge in [-0.15, -0.1) is 0 Å². The summed E-state index contributed by atoms with van der Waals surface area (Å²) in [6.07, 6.45) is 0. The zero-order valence-corrected chi connectivity index (χ0v) is 25.5. The first-order valence-corrected chi connectivity index (χ1v) is 15.3. The lowest BCUT2D eigenvalue weighted by molar-refractivity contribution is 0.155. The van der Waals surface area contributed by atoms with Crippen molar-refractivity contribution in [1.82, 2.24) is 0 Å². The van der Waals surface area contributed by atoms with Crippen molar-refractivity contribution in [3.63, 3.8) is 0 Å². The molecule has 190 valence electrons. The molecule has 1 heterocycles. The van der Waals surface area contributed by atoms with Gasteiger partial charge in [-0.2, -0.15) is 0 Å². The summed E-state index contributed by atoms with van der Waals surface area (Å²) in [5.74, 6) is 0. The smallest absolute Gasteiger partial charge is 0.342 e. The van der Waals surface area contributed by atoms with Gasteiger partial charge in [-0.05, 0) is 74.5 Å². The molecule has 3 aromatic carbocycles. The van der Waals surface area contributed by atoms with E-state index in [0.717, 1.165) is 51.3 Å². The zero-order chi connectivity index (χ0) is 26.6. The number of aryl methyl sites for hydroxylation is 4. The van der Waals surface area contributed by atoms with E-state index in [2.05, 4.69) is 5.16 Å². The number of sulfone groups is 1. The number of hydrogen-bond acceptors (Lipinski definition) is 6. The molecular formula is C24H18Cl5NO3S3. The number of nitrogens with zero attached hydrogens (tertiary/aromatic N) is 1. The molecule has 0 radical (unpaired) electrons. The fourth-order valence-electron chi connectivity index (χ4n) is 3.73. The molecular weight excluding hydrogens is 624 g/mol. The van der Waals surface area contributed by atoms with Crippen LogP contribution in [0.2, 0.25) is 25.1 Å². The third-order valence-electron chi connectivity index (χ3n) is 5.41. The molecule has 4 rings (SSSR count). The van der Waals surface area contributed by atoms with Crippen molar-refractivity contribution in [1.29, 1.82) is 0 Å². The van der Waals surface area contributed by atoms with Crippen molar-refractivity contribution >= 4 is 96.4 Å². The lowest BCUT2D eigenvalue weighted by atomic mass is 10.0. The molecule has 0 aromatic heterocycles. The van der Waals surface area contributed by atoms with E-state index in [9.17, 15) is 8.42 Å². The minimum Gasteiger partial charge on any atom is -0.348 e. The molecule has 1 aliphatic rings. The Morgan fingerprint density at radius 2 is 1.31 bits per heavy atom. The molecule has 4 nitrogen and oxygen atoms in total. The minimum atomic E-state index is -4.21. The maximum Gasteiger partial charge on any atom is 0.342 e. The topological polar surface area (TPSA) is 55.7 Å². The van der Waals surface area contributed by atoms with Crippen LogP contribution in [-0.2, 0) is 14.7 Å². The standard InChI is InChI=1S/C24H18Cl5NO3S3/c1-11-5-7-15(8-6-11)36(31,32)24(34-22-20(28)18(26)17(25)19(27)21(22)29)33-30-23(35-24)16-13(3)9-12(2)10-14(16)4/h5-10H,1-4H3. The second kappa shape index (κ2) is 10.4. The van der Waals surface area contributed by atoms with Crippen LogP contribution in [-0.4, -0.2) is 17.1 Å². The first kappa shape index (κ1) is 28.2. The Morgan fingerprint density at radius 1 is 0.806 bits per heavy atom. The predicted octanol–water partition coefficient (Wildman–Crippen LogP) is 9.49. The molecule has 12 heteroatoms. The molecule has 0 aliphatic carbocycles. The number of rotatable bonds is 5. The van der Waals surface area contributed by atoms with Crippen molar-refractivity contribution in [3.05, 3.63) is 89.3 Å². The van der Waals surface area contributed by atoms with E-state index >= 15 is 0 Å². The normalized spacial score (nSPS) is 17.8. The van der Waals surface area contributed by atoms with Crippen molar-refractivity contribution < 1.29 is 13.3 Å². The lowest BCUT2D eigenvalue weighted by Crippen LogP contribution is -2.32. The van der Waals surface area contributed by atoms with E-state index in [1.54, 1.807) is 12.1 Å². The minimum absolute atomic E-state index is 0.0315. The Labute approximate surface area is 243 Å². The van der Waals surface area contributed by atoms with Crippen molar-refractivity contribution in [3.8, 4) is 0 Å². The summed E-state index contributed by atoms with van der Waals surface area (Å²) >= 11 is 33.3. The molecule has 0 spiro atoms. The van der Waals surface area contributed by atoms with Gasteiger partial charge in [0.05, 0.1) is 34.9 Å². The molecule has 0 fully saturated rings. The number of halogens is 5. The van der Waals surface area contributed by atoms with Gasteiger partial charge in [0.25, 0.3) is 0 Å². The Hall–Kier alpha value is -0.770. The van der Waals surface area contributed by atoms with E-state index < -0.39 is 13.4 Å². The Bertz CT molecular complexity index is 1470. The number of hydrogen-bond donors (Lipinski definition) is 0. The monoisotopic (exact) mass is 639 g/mol. The summed E-state index contributed by atoms with van der Waals surface area (Å²) in [6.45, 7) is 7.73. The van der Waals surface area contributed by atoms with Crippen LogP contribution in [0, 0.1) is 27.7 Å². The summed E-state index contributed by atoms with van der Waals surface area (Å²) in [5, 5.41) is 4.44. The van der Waals surface area contributed by atoms with Gasteiger partial charge in [0.1, 0.15) is 5.04 Å². The van der Waals surface area contributed by atoms with Gasteiger partial charge >= 0.3 is 3.60 Å². The quantitative estimate of drug-likeness (QED) is 0.205. The van der Waals surface area contributed by atoms with Crippen LogP contribution in [0.3, 0.4) is 0 Å². The van der Waals surface area contributed by atoms with Crippen LogP contribution in [0.15, 0.2) is 51.3 Å². The van der Waals surface area contributed by atoms with Crippen LogP contribution in [0.25, 0.3) is 0 Å². The van der Waals surface area contributed by atoms with E-state index in [1.807, 2.05) is 39.8 Å². The van der Waals surface area contributed by atoms with E-state index in [1.165, 1.54) is 12.1 Å². The summed E-state index contributed by atoms with van der Waals surface area (Å²) in [7, 11) is -4.21. The Morgan fingerprint density at radius 3 is 1.83 bits per heavy atom. The van der Waals surface area contributed by atoms with Gasteiger partial charge in [0.15, 0.2) is 0 Å². The van der Waals surface area contributed by atoms with Crippen LogP contribution < -0.4 is 0 Å². The SMILES string of the molecule is Cc1ccc(S(=O)(=O)C2(Sc3c(Cl)c(Cl)c(Cl)c(Cl)c3Cl)ON=C(c3c(C)cc(C)cc3C)S2)cc1. The highest BCUT2D eigenvalue weighted by Crippen LogP contribution is 2.59. The Balaban J connectivity index is 1.90. The molecule has 1 unspecified atom stereocenters. The summed E-state index contributed by atoms with van der Waals surface area (Å²) < 4.78 is 26.2. The number of oxime groups is 1. The third-order valence-corrected chi connectivity index (χ3v) is 13.6. The van der Waals surface area contributed by atoms with E-state index in [4.69, 9.17) is 62.8 Å². The highest BCUT2D eigenvalue weighted by Gasteiger charge is 2.56.